The van der Waals surface area contributed by atoms with E-state index >= 15 is 0 Å². The van der Waals surface area contributed by atoms with Gasteiger partial charge in [0.25, 0.3) is 0 Å². The van der Waals surface area contributed by atoms with Crippen LogP contribution in [0.2, 0.25) is 0 Å². The number of benzene rings is 2. The van der Waals surface area contributed by atoms with E-state index in [1.54, 1.807) is 12.1 Å². The molecule has 0 radical (unpaired) electrons. The molecule has 1 fully saturated rings. The molecule has 4 nitrogen and oxygen atoms in total. The molecular weight excluding hydrogens is 348 g/mol. The zero-order chi connectivity index (χ0) is 18.0. The molecule has 0 amide bonds. The Morgan fingerprint density at radius 1 is 1.00 bits per heavy atom. The largest absolute Gasteiger partial charge is 0.301 e. The number of rotatable bonds is 6. The highest BCUT2D eigenvalue weighted by atomic mass is 32.2. The van der Waals surface area contributed by atoms with Gasteiger partial charge in [-0.05, 0) is 47.9 Å². The molecule has 1 atom stereocenters. The molecule has 132 valence electrons. The summed E-state index contributed by atoms with van der Waals surface area (Å²) >= 11 is 0. The van der Waals surface area contributed by atoms with E-state index in [-0.39, 0.29) is 22.4 Å². The molecule has 1 unspecified atom stereocenters. The summed E-state index contributed by atoms with van der Waals surface area (Å²) in [6.07, 6.45) is 0.776. The van der Waals surface area contributed by atoms with Gasteiger partial charge in [0.15, 0.2) is 9.84 Å². The monoisotopic (exact) mass is 365 g/mol. The number of halogens is 2. The van der Waals surface area contributed by atoms with Crippen LogP contribution in [0.15, 0.2) is 53.4 Å². The van der Waals surface area contributed by atoms with Crippen molar-refractivity contribution in [2.45, 2.75) is 10.9 Å². The summed E-state index contributed by atoms with van der Waals surface area (Å²) in [5, 5.41) is 0. The lowest BCUT2D eigenvalue weighted by Crippen LogP contribution is -2.51. The predicted molar refractivity (Wildman–Crippen MR) is 88.7 cm³/mol. The molecule has 0 spiro atoms. The van der Waals surface area contributed by atoms with Crippen molar-refractivity contribution in [3.8, 4) is 0 Å². The van der Waals surface area contributed by atoms with Gasteiger partial charge in [0.2, 0.25) is 0 Å². The molecule has 0 bridgehead atoms. The summed E-state index contributed by atoms with van der Waals surface area (Å²) in [7, 11) is -3.49. The molecule has 2 aromatic rings. The predicted octanol–water partition coefficient (Wildman–Crippen LogP) is 2.61. The standard InChI is InChI=1S/C18H17F2NO3S/c19-15-3-1-14(2-4-15)18(11-22)21-9-13(10-21)12-25(23,24)17-7-5-16(20)6-8-17/h1-8,11,13,18H,9-10,12H2. The fourth-order valence-electron chi connectivity index (χ4n) is 3.03. The first-order chi connectivity index (χ1) is 11.9. The first-order valence-electron chi connectivity index (χ1n) is 7.82. The van der Waals surface area contributed by atoms with Crippen LogP contribution < -0.4 is 0 Å². The lowest BCUT2D eigenvalue weighted by molar-refractivity contribution is -0.115. The molecule has 25 heavy (non-hydrogen) atoms. The van der Waals surface area contributed by atoms with E-state index in [1.807, 2.05) is 4.90 Å². The Morgan fingerprint density at radius 2 is 1.52 bits per heavy atom. The summed E-state index contributed by atoms with van der Waals surface area (Å²) in [6, 6.07) is 9.94. The Morgan fingerprint density at radius 3 is 2.04 bits per heavy atom. The molecule has 1 heterocycles. The van der Waals surface area contributed by atoms with Crippen LogP contribution in [-0.2, 0) is 14.6 Å². The van der Waals surface area contributed by atoms with Crippen LogP contribution in [0.4, 0.5) is 8.78 Å². The molecule has 2 aromatic carbocycles. The maximum absolute atomic E-state index is 13.0. The topological polar surface area (TPSA) is 54.5 Å². The molecular formula is C18H17F2NO3S. The summed E-state index contributed by atoms with van der Waals surface area (Å²) < 4.78 is 50.6. The van der Waals surface area contributed by atoms with Crippen molar-refractivity contribution >= 4 is 16.1 Å². The number of carbonyl (C=O) groups is 1. The highest BCUT2D eigenvalue weighted by molar-refractivity contribution is 7.91. The molecule has 1 aliphatic heterocycles. The van der Waals surface area contributed by atoms with Crippen LogP contribution in [0.5, 0.6) is 0 Å². The Hall–Kier alpha value is -2.12. The summed E-state index contributed by atoms with van der Waals surface area (Å²) in [5.74, 6) is -1.01. The minimum Gasteiger partial charge on any atom is -0.301 e. The van der Waals surface area contributed by atoms with Crippen molar-refractivity contribution < 1.29 is 22.0 Å². The van der Waals surface area contributed by atoms with Crippen molar-refractivity contribution in [2.75, 3.05) is 18.8 Å². The Labute approximate surface area is 145 Å². The molecule has 3 rings (SSSR count). The van der Waals surface area contributed by atoms with Crippen molar-refractivity contribution in [3.63, 3.8) is 0 Å². The fourth-order valence-corrected chi connectivity index (χ4v) is 4.60. The van der Waals surface area contributed by atoms with Gasteiger partial charge in [0.1, 0.15) is 17.9 Å². The first kappa shape index (κ1) is 17.7. The molecule has 0 aliphatic carbocycles. The van der Waals surface area contributed by atoms with Crippen LogP contribution in [0.3, 0.4) is 0 Å². The van der Waals surface area contributed by atoms with Gasteiger partial charge < -0.3 is 4.79 Å². The second-order valence-corrected chi connectivity index (χ2v) is 8.22. The normalized spacial score (nSPS) is 17.0. The first-order valence-corrected chi connectivity index (χ1v) is 9.47. The lowest BCUT2D eigenvalue weighted by Gasteiger charge is -2.42. The zero-order valence-corrected chi connectivity index (χ0v) is 14.1. The third-order valence-electron chi connectivity index (χ3n) is 4.35. The molecule has 0 aromatic heterocycles. The van der Waals surface area contributed by atoms with Crippen LogP contribution >= 0.6 is 0 Å². The van der Waals surface area contributed by atoms with Crippen LogP contribution in [0.1, 0.15) is 11.6 Å². The number of hydrogen-bond acceptors (Lipinski definition) is 4. The summed E-state index contributed by atoms with van der Waals surface area (Å²) in [4.78, 5) is 13.3. The van der Waals surface area contributed by atoms with E-state index in [9.17, 15) is 22.0 Å². The number of carbonyl (C=O) groups excluding carboxylic acids is 1. The third kappa shape index (κ3) is 3.93. The second-order valence-electron chi connectivity index (χ2n) is 6.19. The van der Waals surface area contributed by atoms with Crippen molar-refractivity contribution in [2.24, 2.45) is 5.92 Å². The minimum absolute atomic E-state index is 0.0515. The average molecular weight is 365 g/mol. The van der Waals surface area contributed by atoms with Gasteiger partial charge in [-0.3, -0.25) is 4.90 Å². The maximum Gasteiger partial charge on any atom is 0.178 e. The molecule has 7 heteroatoms. The minimum atomic E-state index is -3.49. The zero-order valence-electron chi connectivity index (χ0n) is 13.3. The number of nitrogens with zero attached hydrogens (tertiary/aromatic N) is 1. The molecule has 1 saturated heterocycles. The molecule has 0 N–H and O–H groups in total. The molecule has 0 saturated carbocycles. The van der Waals surface area contributed by atoms with E-state index in [1.165, 1.54) is 24.3 Å². The quantitative estimate of drug-likeness (QED) is 0.583. The Balaban J connectivity index is 1.62. The maximum atomic E-state index is 13.0. The average Bonchev–Trinajstić information content (AvgIpc) is 2.55. The van der Waals surface area contributed by atoms with Gasteiger partial charge in [-0.2, -0.15) is 0 Å². The number of likely N-dealkylation sites (tertiary alicyclic amines) is 1. The van der Waals surface area contributed by atoms with Gasteiger partial charge in [0.05, 0.1) is 16.7 Å². The van der Waals surface area contributed by atoms with E-state index < -0.39 is 21.7 Å². The van der Waals surface area contributed by atoms with Crippen molar-refractivity contribution in [1.82, 2.24) is 4.90 Å². The second kappa shape index (κ2) is 7.01. The van der Waals surface area contributed by atoms with Gasteiger partial charge in [-0.15, -0.1) is 0 Å². The van der Waals surface area contributed by atoms with Gasteiger partial charge in [-0.25, -0.2) is 17.2 Å². The summed E-state index contributed by atoms with van der Waals surface area (Å²) in [5.41, 5.74) is 0.677. The van der Waals surface area contributed by atoms with E-state index in [0.717, 1.165) is 18.4 Å². The van der Waals surface area contributed by atoms with E-state index in [4.69, 9.17) is 0 Å². The van der Waals surface area contributed by atoms with Gasteiger partial charge in [0, 0.05) is 13.1 Å². The van der Waals surface area contributed by atoms with Gasteiger partial charge >= 0.3 is 0 Å². The van der Waals surface area contributed by atoms with Gasteiger partial charge in [-0.1, -0.05) is 12.1 Å². The SMILES string of the molecule is O=CC(c1ccc(F)cc1)N1CC(CS(=O)(=O)c2ccc(F)cc2)C1. The van der Waals surface area contributed by atoms with Crippen LogP contribution in [-0.4, -0.2) is 38.4 Å². The van der Waals surface area contributed by atoms with Crippen molar-refractivity contribution in [3.05, 3.63) is 65.7 Å². The van der Waals surface area contributed by atoms with E-state index in [2.05, 4.69) is 0 Å². The summed E-state index contributed by atoms with van der Waals surface area (Å²) in [6.45, 7) is 0.919. The number of hydrogen-bond donors (Lipinski definition) is 0. The number of aldehydes is 1. The number of sulfone groups is 1. The van der Waals surface area contributed by atoms with Crippen LogP contribution in [0.25, 0.3) is 0 Å². The van der Waals surface area contributed by atoms with Crippen LogP contribution in [0, 0.1) is 17.6 Å². The smallest absolute Gasteiger partial charge is 0.178 e. The molecule has 1 aliphatic rings. The fraction of sp³-hybridized carbons (Fsp3) is 0.278. The Kier molecular flexibility index (Phi) is 4.96. The highest BCUT2D eigenvalue weighted by Gasteiger charge is 2.36. The lowest BCUT2D eigenvalue weighted by atomic mass is 9.96. The highest BCUT2D eigenvalue weighted by Crippen LogP contribution is 2.29. The third-order valence-corrected chi connectivity index (χ3v) is 6.25. The van der Waals surface area contributed by atoms with Crippen molar-refractivity contribution in [1.29, 1.82) is 0 Å². The van der Waals surface area contributed by atoms with E-state index in [0.29, 0.717) is 18.7 Å². The Bertz CT molecular complexity index is 845.